The van der Waals surface area contributed by atoms with Crippen LogP contribution in [0.4, 0.5) is 0 Å². The third-order valence-corrected chi connectivity index (χ3v) is 3.79. The Morgan fingerprint density at radius 2 is 1.96 bits per heavy atom. The van der Waals surface area contributed by atoms with Gasteiger partial charge in [-0.1, -0.05) is 37.8 Å². The molecule has 124 valence electrons. The Kier molecular flexibility index (Phi) is 2.61. The first kappa shape index (κ1) is 8.52. The van der Waals surface area contributed by atoms with Crippen LogP contribution in [0.25, 0.3) is 10.9 Å². The molecule has 0 spiro atoms. The van der Waals surface area contributed by atoms with Crippen LogP contribution in [0.5, 0.6) is 5.75 Å². The van der Waals surface area contributed by atoms with Crippen molar-refractivity contribution in [2.45, 2.75) is 32.5 Å². The minimum atomic E-state index is -3.45. The number of aromatic nitrogens is 1. The van der Waals surface area contributed by atoms with Gasteiger partial charge < -0.3 is 9.30 Å². The van der Waals surface area contributed by atoms with Crippen LogP contribution in [0.15, 0.2) is 54.7 Å². The fourth-order valence-corrected chi connectivity index (χ4v) is 2.63. The van der Waals surface area contributed by atoms with Crippen molar-refractivity contribution in [2.24, 2.45) is 0 Å². The first-order valence-electron chi connectivity index (χ1n) is 11.9. The van der Waals surface area contributed by atoms with Crippen molar-refractivity contribution < 1.29 is 21.9 Å². The van der Waals surface area contributed by atoms with Crippen molar-refractivity contribution in [1.82, 2.24) is 4.57 Å². The van der Waals surface area contributed by atoms with E-state index in [1.165, 1.54) is 17.9 Å². The van der Waals surface area contributed by atoms with Gasteiger partial charge in [0.15, 0.2) is 5.78 Å². The Labute approximate surface area is 155 Å². The van der Waals surface area contributed by atoms with Crippen LogP contribution in [-0.2, 0) is 6.54 Å². The van der Waals surface area contributed by atoms with Crippen molar-refractivity contribution in [1.29, 1.82) is 0 Å². The highest BCUT2D eigenvalue weighted by atomic mass is 16.5. The zero-order chi connectivity index (χ0) is 24.8. The molecule has 2 aromatic carbocycles. The number of rotatable bonds is 7. The molecule has 0 aliphatic heterocycles. The van der Waals surface area contributed by atoms with E-state index in [-0.39, 0.29) is 11.3 Å². The van der Waals surface area contributed by atoms with E-state index in [0.717, 1.165) is 0 Å². The molecule has 0 aliphatic carbocycles. The number of ketones is 1. The summed E-state index contributed by atoms with van der Waals surface area (Å²) in [5, 5.41) is 0.508. The monoisotopic (exact) mass is 330 g/mol. The Morgan fingerprint density at radius 3 is 2.71 bits per heavy atom. The lowest BCUT2D eigenvalue weighted by Gasteiger charge is -2.03. The summed E-state index contributed by atoms with van der Waals surface area (Å²) >= 11 is 0. The van der Waals surface area contributed by atoms with Crippen molar-refractivity contribution in [3.8, 4) is 5.75 Å². The molecule has 3 aromatic rings. The summed E-state index contributed by atoms with van der Waals surface area (Å²) in [5.74, 6) is 0.238. The quantitative estimate of drug-likeness (QED) is 0.566. The SMILES string of the molecule is [2H]C([2H])([2H])C([2H])([2H])C([2H])([2H])C([2H])([2H])Cn1cc(C(=O)c2ccc(OC)cc2)c2ccccc21. The summed E-state index contributed by atoms with van der Waals surface area (Å²) in [6.07, 6.45) is -8.35. The number of hydrogen-bond acceptors (Lipinski definition) is 2. The van der Waals surface area contributed by atoms with Gasteiger partial charge in [-0.05, 0) is 36.7 Å². The first-order valence-corrected chi connectivity index (χ1v) is 7.41. The second kappa shape index (κ2) is 7.35. The van der Waals surface area contributed by atoms with Crippen LogP contribution >= 0.6 is 0 Å². The van der Waals surface area contributed by atoms with Crippen LogP contribution in [0.2, 0.25) is 0 Å². The molecule has 0 N–H and O–H groups in total. The summed E-state index contributed by atoms with van der Waals surface area (Å²) in [6, 6.07) is 13.1. The topological polar surface area (TPSA) is 31.2 Å². The number of carbonyl (C=O) groups excluding carboxylic acids is 1. The normalized spacial score (nSPS) is 18.8. The maximum atomic E-state index is 13.2. The third-order valence-electron chi connectivity index (χ3n) is 3.79. The molecular weight excluding hydrogens is 298 g/mol. The Bertz CT molecular complexity index is 1160. The number of methoxy groups -OCH3 is 1. The standard InChI is InChI=1S/C21H23NO2/c1-3-4-7-14-22-15-19(18-8-5-6-9-20(18)22)21(23)16-10-12-17(24-2)13-11-16/h5-6,8-13,15H,3-4,7,14H2,1-2H3/i1D3,3D2,4D2,7D2. The lowest BCUT2D eigenvalue weighted by atomic mass is 10.0. The molecular formula is C21H23NO2. The number of hydrogen-bond donors (Lipinski definition) is 0. The number of para-hydroxylation sites is 1. The maximum Gasteiger partial charge on any atom is 0.195 e. The Balaban J connectivity index is 2.05. The molecule has 0 saturated carbocycles. The lowest BCUT2D eigenvalue weighted by Crippen LogP contribution is -2.01. The highest BCUT2D eigenvalue weighted by Gasteiger charge is 2.16. The smallest absolute Gasteiger partial charge is 0.195 e. The highest BCUT2D eigenvalue weighted by molar-refractivity contribution is 6.16. The van der Waals surface area contributed by atoms with Crippen molar-refractivity contribution >= 4 is 16.7 Å². The largest absolute Gasteiger partial charge is 0.497 e. The molecule has 0 saturated heterocycles. The molecule has 0 atom stereocenters. The van der Waals surface area contributed by atoms with E-state index < -0.39 is 32.5 Å². The molecule has 24 heavy (non-hydrogen) atoms. The molecule has 0 aliphatic rings. The summed E-state index contributed by atoms with van der Waals surface area (Å²) in [5.41, 5.74) is 1.06. The second-order valence-electron chi connectivity index (χ2n) is 5.17. The average molecular weight is 330 g/mol. The predicted molar refractivity (Wildman–Crippen MR) is 97.9 cm³/mol. The maximum absolute atomic E-state index is 13.2. The van der Waals surface area contributed by atoms with Crippen LogP contribution in [0.1, 0.15) is 54.2 Å². The minimum absolute atomic E-state index is 0.256. The molecule has 0 fully saturated rings. The number of fused-ring (bicyclic) bond motifs is 1. The third kappa shape index (κ3) is 3.21. The minimum Gasteiger partial charge on any atom is -0.497 e. The number of carbonyl (C=O) groups is 1. The van der Waals surface area contributed by atoms with Gasteiger partial charge in [-0.15, -0.1) is 0 Å². The van der Waals surface area contributed by atoms with Crippen LogP contribution in [0.3, 0.4) is 0 Å². The van der Waals surface area contributed by atoms with E-state index in [0.29, 0.717) is 22.2 Å². The van der Waals surface area contributed by atoms with Crippen LogP contribution < -0.4 is 4.74 Å². The molecule has 0 amide bonds. The zero-order valence-electron chi connectivity index (χ0n) is 22.2. The van der Waals surface area contributed by atoms with Crippen LogP contribution in [0, 0.1) is 0 Å². The van der Waals surface area contributed by atoms with E-state index in [1.54, 1.807) is 48.5 Å². The van der Waals surface area contributed by atoms with Gasteiger partial charge in [-0.25, -0.2) is 0 Å². The Hall–Kier alpha value is -2.55. The summed E-state index contributed by atoms with van der Waals surface area (Å²) in [6.45, 7) is -4.08. The van der Waals surface area contributed by atoms with Gasteiger partial charge in [0.2, 0.25) is 0 Å². The summed E-state index contributed by atoms with van der Waals surface area (Å²) < 4.78 is 76.8. The molecule has 3 heteroatoms. The fourth-order valence-electron chi connectivity index (χ4n) is 2.63. The number of benzene rings is 2. The molecule has 1 aromatic heterocycles. The summed E-state index contributed by atoms with van der Waals surface area (Å²) in [7, 11) is 1.51. The van der Waals surface area contributed by atoms with Gasteiger partial charge in [0, 0.05) is 47.1 Å². The number of ether oxygens (including phenoxy) is 1. The van der Waals surface area contributed by atoms with Crippen molar-refractivity contribution in [3.05, 3.63) is 65.9 Å². The number of aryl methyl sites for hydroxylation is 1. The van der Waals surface area contributed by atoms with Gasteiger partial charge in [0.1, 0.15) is 5.75 Å². The molecule has 0 unspecified atom stereocenters. The average Bonchev–Trinajstić information content (AvgIpc) is 3.10. The van der Waals surface area contributed by atoms with E-state index in [2.05, 4.69) is 0 Å². The molecule has 1 heterocycles. The van der Waals surface area contributed by atoms with Gasteiger partial charge in [-0.2, -0.15) is 0 Å². The zero-order valence-corrected chi connectivity index (χ0v) is 13.2. The van der Waals surface area contributed by atoms with E-state index in [9.17, 15) is 4.79 Å². The van der Waals surface area contributed by atoms with Gasteiger partial charge in [0.05, 0.1) is 7.11 Å². The molecule has 0 bridgehead atoms. The fraction of sp³-hybridized carbons (Fsp3) is 0.286. The van der Waals surface area contributed by atoms with E-state index >= 15 is 0 Å². The van der Waals surface area contributed by atoms with Crippen LogP contribution in [-0.4, -0.2) is 17.5 Å². The highest BCUT2D eigenvalue weighted by Crippen LogP contribution is 2.25. The van der Waals surface area contributed by atoms with Gasteiger partial charge in [0.25, 0.3) is 0 Å². The molecule has 3 rings (SSSR count). The van der Waals surface area contributed by atoms with E-state index in [1.807, 2.05) is 0 Å². The predicted octanol–water partition coefficient (Wildman–Crippen LogP) is 5.07. The van der Waals surface area contributed by atoms with Gasteiger partial charge in [-0.3, -0.25) is 4.79 Å². The molecule has 3 nitrogen and oxygen atoms in total. The lowest BCUT2D eigenvalue weighted by molar-refractivity contribution is 0.104. The Morgan fingerprint density at radius 1 is 1.17 bits per heavy atom. The first-order chi connectivity index (χ1) is 15.1. The second-order valence-corrected chi connectivity index (χ2v) is 5.17. The summed E-state index contributed by atoms with van der Waals surface area (Å²) in [4.78, 5) is 13.2. The van der Waals surface area contributed by atoms with Crippen molar-refractivity contribution in [2.75, 3.05) is 7.11 Å². The van der Waals surface area contributed by atoms with E-state index in [4.69, 9.17) is 17.1 Å². The molecule has 0 radical (unpaired) electrons. The number of nitrogens with zero attached hydrogens (tertiary/aromatic N) is 1. The van der Waals surface area contributed by atoms with Crippen molar-refractivity contribution in [3.63, 3.8) is 0 Å². The van der Waals surface area contributed by atoms with Gasteiger partial charge >= 0.3 is 0 Å².